The normalized spacial score (nSPS) is 8.10. The first-order chi connectivity index (χ1) is 4.79. The van der Waals surface area contributed by atoms with Crippen LogP contribution in [0.5, 0.6) is 0 Å². The van der Waals surface area contributed by atoms with E-state index in [9.17, 15) is 4.39 Å². The van der Waals surface area contributed by atoms with Gasteiger partial charge in [-0.2, -0.15) is 6.07 Å². The first-order valence-corrected chi connectivity index (χ1v) is 9.71. The molecule has 0 saturated carbocycles. The van der Waals surface area contributed by atoms with Crippen molar-refractivity contribution in [3.63, 3.8) is 0 Å². The summed E-state index contributed by atoms with van der Waals surface area (Å²) in [5.74, 6) is -0.311. The molecule has 10 heavy (non-hydrogen) atoms. The third-order valence-corrected chi connectivity index (χ3v) is 0.972. The molecule has 0 bridgehead atoms. The first-order valence-electron chi connectivity index (χ1n) is 2.38. The second kappa shape index (κ2) is 6.27. The van der Waals surface area contributed by atoms with E-state index in [0.717, 1.165) is 0 Å². The molecule has 1 rings (SSSR count). The number of halogens is 3. The second-order valence-electron chi connectivity index (χ2n) is 1.35. The molecule has 50 valence electrons. The molecule has 0 radical (unpaired) electrons. The molecular formula is C6H3BrClFZn. The topological polar surface area (TPSA) is 0 Å². The third kappa shape index (κ3) is 4.37. The molecule has 0 saturated heterocycles. The van der Waals surface area contributed by atoms with E-state index >= 15 is 0 Å². The fraction of sp³-hybridized carbons (Fsp3) is 0. The van der Waals surface area contributed by atoms with Crippen LogP contribution in [-0.4, -0.2) is 0 Å². The van der Waals surface area contributed by atoms with Crippen LogP contribution in [0.25, 0.3) is 0 Å². The third-order valence-electron chi connectivity index (χ3n) is 0.737. The Kier molecular flexibility index (Phi) is 6.61. The predicted molar refractivity (Wildman–Crippen MR) is 39.2 cm³/mol. The van der Waals surface area contributed by atoms with Gasteiger partial charge in [0.15, 0.2) is 0 Å². The molecule has 0 heterocycles. The summed E-state index contributed by atoms with van der Waals surface area (Å²) < 4.78 is 12.0. The quantitative estimate of drug-likeness (QED) is 0.504. The Morgan fingerprint density at radius 1 is 1.50 bits per heavy atom. The van der Waals surface area contributed by atoms with Crippen LogP contribution < -0.4 is 0 Å². The molecule has 1 aromatic rings. The van der Waals surface area contributed by atoms with Crippen LogP contribution in [0.3, 0.4) is 0 Å². The van der Waals surface area contributed by atoms with Crippen molar-refractivity contribution in [1.29, 1.82) is 0 Å². The number of benzene rings is 1. The SMILES string of the molecule is Fc1c[c-]c(Cl)cc1.[Zn+][Br]. The van der Waals surface area contributed by atoms with Crippen LogP contribution in [-0.2, 0) is 16.3 Å². The van der Waals surface area contributed by atoms with Crippen molar-refractivity contribution in [3.05, 3.63) is 35.1 Å². The maximum atomic E-state index is 12.0. The molecule has 0 fully saturated rings. The molecule has 0 aliphatic rings. The Labute approximate surface area is 80.8 Å². The molecule has 0 aliphatic heterocycles. The average Bonchev–Trinajstić information content (AvgIpc) is 2.00. The fourth-order valence-electron chi connectivity index (χ4n) is 0.387. The standard InChI is InChI=1S/C6H3ClF.BrH.Zn/c7-5-1-3-6(8)4-2-5;;/h1,3-4H;1H;/q-1;;+2/p-1. The van der Waals surface area contributed by atoms with Crippen LogP contribution in [0.1, 0.15) is 0 Å². The fourth-order valence-corrected chi connectivity index (χ4v) is 0.504. The van der Waals surface area contributed by atoms with Gasteiger partial charge in [-0.25, -0.2) is 0 Å². The summed E-state index contributed by atoms with van der Waals surface area (Å²) in [5.41, 5.74) is 0. The number of hydrogen-bond donors (Lipinski definition) is 0. The van der Waals surface area contributed by atoms with E-state index in [1.54, 1.807) is 0 Å². The van der Waals surface area contributed by atoms with Gasteiger partial charge >= 0.3 is 30.0 Å². The first kappa shape index (κ1) is 10.5. The summed E-state index contributed by atoms with van der Waals surface area (Å²) in [6.45, 7) is 0. The second-order valence-corrected chi connectivity index (χ2v) is 1.76. The van der Waals surface area contributed by atoms with E-state index in [1.807, 2.05) is 0 Å². The van der Waals surface area contributed by atoms with Gasteiger partial charge in [-0.15, -0.1) is 29.8 Å². The van der Waals surface area contributed by atoms with E-state index in [-0.39, 0.29) is 5.82 Å². The minimum atomic E-state index is -0.311. The molecule has 4 heteroatoms. The van der Waals surface area contributed by atoms with Crippen molar-refractivity contribution in [1.82, 2.24) is 0 Å². The van der Waals surface area contributed by atoms with Gasteiger partial charge in [0.1, 0.15) is 0 Å². The molecule has 1 aromatic carbocycles. The predicted octanol–water partition coefficient (Wildman–Crippen LogP) is 3.12. The van der Waals surface area contributed by atoms with Gasteiger partial charge in [0.2, 0.25) is 0 Å². The number of rotatable bonds is 0. The summed E-state index contributed by atoms with van der Waals surface area (Å²) in [6.07, 6.45) is 0. The van der Waals surface area contributed by atoms with Gasteiger partial charge in [-0.05, 0) is 0 Å². The molecule has 0 unspecified atom stereocenters. The molecule has 0 aromatic heterocycles. The van der Waals surface area contributed by atoms with Crippen LogP contribution in [0.15, 0.2) is 18.2 Å². The van der Waals surface area contributed by atoms with Gasteiger partial charge in [-0.3, -0.25) is 4.39 Å². The van der Waals surface area contributed by atoms with Gasteiger partial charge < -0.3 is 0 Å². The number of hydrogen-bond acceptors (Lipinski definition) is 0. The molecule has 0 N–H and O–H groups in total. The van der Waals surface area contributed by atoms with Crippen LogP contribution >= 0.6 is 25.2 Å². The van der Waals surface area contributed by atoms with Crippen LogP contribution in [0.2, 0.25) is 5.02 Å². The summed E-state index contributed by atoms with van der Waals surface area (Å²) in [4.78, 5) is 0. The Bertz CT molecular complexity index is 157. The van der Waals surface area contributed by atoms with Crippen molar-refractivity contribution in [2.24, 2.45) is 0 Å². The van der Waals surface area contributed by atoms with Crippen LogP contribution in [0, 0.1) is 11.9 Å². The van der Waals surface area contributed by atoms with Crippen molar-refractivity contribution < 1.29 is 20.7 Å². The Morgan fingerprint density at radius 3 is 2.40 bits per heavy atom. The van der Waals surface area contributed by atoms with E-state index in [1.165, 1.54) is 34.5 Å². The average molecular weight is 275 g/mol. The van der Waals surface area contributed by atoms with Crippen LogP contribution in [0.4, 0.5) is 4.39 Å². The Morgan fingerprint density at radius 2 is 2.10 bits per heavy atom. The molecule has 0 spiro atoms. The van der Waals surface area contributed by atoms with Crippen molar-refractivity contribution >= 4 is 25.2 Å². The molecular weight excluding hydrogens is 272 g/mol. The van der Waals surface area contributed by atoms with Crippen molar-refractivity contribution in [3.8, 4) is 0 Å². The van der Waals surface area contributed by atoms with E-state index in [4.69, 9.17) is 11.6 Å². The van der Waals surface area contributed by atoms with Gasteiger partial charge in [0.05, 0.1) is 0 Å². The maximum absolute atomic E-state index is 12.0. The monoisotopic (exact) mass is 272 g/mol. The van der Waals surface area contributed by atoms with E-state index < -0.39 is 0 Å². The summed E-state index contributed by atoms with van der Waals surface area (Å²) in [7, 11) is 0. The minimum absolute atomic E-state index is 0.311. The zero-order valence-electron chi connectivity index (χ0n) is 5.07. The van der Waals surface area contributed by atoms with Gasteiger partial charge in [-0.1, -0.05) is 5.02 Å². The molecule has 0 aliphatic carbocycles. The molecule has 0 nitrogen and oxygen atoms in total. The molecule has 0 amide bonds. The zero-order chi connectivity index (χ0) is 7.98. The van der Waals surface area contributed by atoms with E-state index in [0.29, 0.717) is 5.02 Å². The summed E-state index contributed by atoms with van der Waals surface area (Å²) in [5, 5.41) is 0.436. The Balaban J connectivity index is 0.000000371. The van der Waals surface area contributed by atoms with Crippen molar-refractivity contribution in [2.45, 2.75) is 0 Å². The zero-order valence-corrected chi connectivity index (χ0v) is 10.4. The van der Waals surface area contributed by atoms with Gasteiger partial charge in [0, 0.05) is 5.82 Å². The van der Waals surface area contributed by atoms with Gasteiger partial charge in [0.25, 0.3) is 0 Å². The van der Waals surface area contributed by atoms with E-state index in [2.05, 4.69) is 19.7 Å². The molecule has 0 atom stereocenters. The summed E-state index contributed by atoms with van der Waals surface area (Å²) >= 11 is 9.64. The summed E-state index contributed by atoms with van der Waals surface area (Å²) in [6, 6.07) is 6.43. The Hall–Kier alpha value is 0.543. The van der Waals surface area contributed by atoms with Crippen molar-refractivity contribution in [2.75, 3.05) is 0 Å².